The molecule has 0 saturated heterocycles. The van der Waals surface area contributed by atoms with Crippen LogP contribution in [0.3, 0.4) is 0 Å². The summed E-state index contributed by atoms with van der Waals surface area (Å²) in [6.07, 6.45) is 0.574. The lowest BCUT2D eigenvalue weighted by molar-refractivity contribution is 0.0967. The maximum atomic E-state index is 12.3. The van der Waals surface area contributed by atoms with E-state index >= 15 is 0 Å². The molecule has 0 spiro atoms. The monoisotopic (exact) mass is 341 g/mol. The highest BCUT2D eigenvalue weighted by Gasteiger charge is 2.19. The Hall–Kier alpha value is -2.17. The zero-order valence-electron chi connectivity index (χ0n) is 15.2. The summed E-state index contributed by atoms with van der Waals surface area (Å²) in [4.78, 5) is 12.3. The second-order valence-corrected chi connectivity index (χ2v) is 6.23. The standard InChI is InChI=1S/C21H27NO3/c1-4-19(21(24)16-10-8-15(2)9-11-16)22-13-12-20(23)17-6-5-7-18(14-17)25-3/h5-11,14,19,21-22,24H,4,12-13H2,1-3H3. The number of ketones is 1. The number of aryl methyl sites for hydroxylation is 1. The minimum Gasteiger partial charge on any atom is -0.497 e. The smallest absolute Gasteiger partial charge is 0.164 e. The fourth-order valence-corrected chi connectivity index (χ4v) is 2.79. The van der Waals surface area contributed by atoms with Gasteiger partial charge in [-0.1, -0.05) is 48.9 Å². The molecule has 0 radical (unpaired) electrons. The molecule has 0 aliphatic rings. The number of nitrogens with one attached hydrogen (secondary N) is 1. The first-order valence-corrected chi connectivity index (χ1v) is 8.70. The Morgan fingerprint density at radius 2 is 1.92 bits per heavy atom. The van der Waals surface area contributed by atoms with Crippen LogP contribution in [0.5, 0.6) is 5.75 Å². The third kappa shape index (κ3) is 5.41. The summed E-state index contributed by atoms with van der Waals surface area (Å²) in [5.41, 5.74) is 2.71. The van der Waals surface area contributed by atoms with Gasteiger partial charge in [0, 0.05) is 24.6 Å². The summed E-state index contributed by atoms with van der Waals surface area (Å²) in [5, 5.41) is 13.9. The van der Waals surface area contributed by atoms with Crippen LogP contribution in [0.2, 0.25) is 0 Å². The van der Waals surface area contributed by atoms with Gasteiger partial charge in [-0.05, 0) is 31.0 Å². The number of hydrogen-bond acceptors (Lipinski definition) is 4. The van der Waals surface area contributed by atoms with E-state index in [2.05, 4.69) is 5.32 Å². The molecular formula is C21H27NO3. The Morgan fingerprint density at radius 1 is 1.20 bits per heavy atom. The number of methoxy groups -OCH3 is 1. The summed E-state index contributed by atoms with van der Waals surface area (Å²) < 4.78 is 5.15. The molecule has 2 aromatic carbocycles. The van der Waals surface area contributed by atoms with Crippen LogP contribution in [-0.4, -0.2) is 30.6 Å². The molecule has 2 atom stereocenters. The maximum absolute atomic E-state index is 12.3. The predicted octanol–water partition coefficient (Wildman–Crippen LogP) is 3.68. The lowest BCUT2D eigenvalue weighted by Crippen LogP contribution is -2.35. The van der Waals surface area contributed by atoms with Gasteiger partial charge in [0.15, 0.2) is 5.78 Å². The van der Waals surface area contributed by atoms with Gasteiger partial charge in [0.05, 0.1) is 13.2 Å². The molecule has 25 heavy (non-hydrogen) atoms. The van der Waals surface area contributed by atoms with E-state index in [9.17, 15) is 9.90 Å². The average molecular weight is 341 g/mol. The van der Waals surface area contributed by atoms with Crippen molar-refractivity contribution in [1.29, 1.82) is 0 Å². The van der Waals surface area contributed by atoms with Crippen molar-refractivity contribution in [2.24, 2.45) is 0 Å². The van der Waals surface area contributed by atoms with Crippen LogP contribution in [0.25, 0.3) is 0 Å². The van der Waals surface area contributed by atoms with Crippen molar-refractivity contribution in [3.63, 3.8) is 0 Å². The number of carbonyl (C=O) groups is 1. The molecule has 0 aliphatic carbocycles. The fraction of sp³-hybridized carbons (Fsp3) is 0.381. The molecule has 2 unspecified atom stereocenters. The molecule has 0 aliphatic heterocycles. The number of Topliss-reactive ketones (excluding diaryl/α,β-unsaturated/α-hetero) is 1. The minimum atomic E-state index is -0.586. The van der Waals surface area contributed by atoms with E-state index < -0.39 is 6.10 Å². The van der Waals surface area contributed by atoms with E-state index in [1.54, 1.807) is 19.2 Å². The highest BCUT2D eigenvalue weighted by molar-refractivity contribution is 5.96. The number of aliphatic hydroxyl groups is 1. The fourth-order valence-electron chi connectivity index (χ4n) is 2.79. The summed E-state index contributed by atoms with van der Waals surface area (Å²) in [6.45, 7) is 4.58. The van der Waals surface area contributed by atoms with E-state index in [-0.39, 0.29) is 11.8 Å². The van der Waals surface area contributed by atoms with Crippen LogP contribution in [-0.2, 0) is 0 Å². The SMILES string of the molecule is CCC(NCCC(=O)c1cccc(OC)c1)C(O)c1ccc(C)cc1. The highest BCUT2D eigenvalue weighted by atomic mass is 16.5. The summed E-state index contributed by atoms with van der Waals surface area (Å²) >= 11 is 0. The second-order valence-electron chi connectivity index (χ2n) is 6.23. The van der Waals surface area contributed by atoms with Gasteiger partial charge in [0.1, 0.15) is 5.75 Å². The molecule has 0 heterocycles. The van der Waals surface area contributed by atoms with Crippen LogP contribution in [0.15, 0.2) is 48.5 Å². The topological polar surface area (TPSA) is 58.6 Å². The van der Waals surface area contributed by atoms with Gasteiger partial charge in [-0.25, -0.2) is 0 Å². The molecule has 2 aromatic rings. The number of benzene rings is 2. The number of hydrogen-bond donors (Lipinski definition) is 2. The zero-order chi connectivity index (χ0) is 18.2. The second kappa shape index (κ2) is 9.35. The Morgan fingerprint density at radius 3 is 2.56 bits per heavy atom. The van der Waals surface area contributed by atoms with Crippen molar-refractivity contribution < 1.29 is 14.6 Å². The zero-order valence-corrected chi connectivity index (χ0v) is 15.2. The predicted molar refractivity (Wildman–Crippen MR) is 100 cm³/mol. The van der Waals surface area contributed by atoms with Crippen molar-refractivity contribution in [3.05, 3.63) is 65.2 Å². The van der Waals surface area contributed by atoms with Gasteiger partial charge < -0.3 is 15.2 Å². The first-order chi connectivity index (χ1) is 12.0. The van der Waals surface area contributed by atoms with E-state index in [1.165, 1.54) is 5.56 Å². The molecule has 2 N–H and O–H groups in total. The maximum Gasteiger partial charge on any atom is 0.164 e. The van der Waals surface area contributed by atoms with Gasteiger partial charge in [-0.2, -0.15) is 0 Å². The molecule has 0 bridgehead atoms. The van der Waals surface area contributed by atoms with Gasteiger partial charge >= 0.3 is 0 Å². The Labute approximate surface area is 149 Å². The normalized spacial score (nSPS) is 13.3. The third-order valence-electron chi connectivity index (χ3n) is 4.39. The van der Waals surface area contributed by atoms with Crippen LogP contribution in [0.1, 0.15) is 47.4 Å². The molecule has 0 aromatic heterocycles. The summed E-state index contributed by atoms with van der Waals surface area (Å²) in [6, 6.07) is 15.0. The number of rotatable bonds is 9. The van der Waals surface area contributed by atoms with Gasteiger partial charge in [0.2, 0.25) is 0 Å². The van der Waals surface area contributed by atoms with E-state index in [0.29, 0.717) is 24.3 Å². The lowest BCUT2D eigenvalue weighted by Gasteiger charge is -2.23. The largest absolute Gasteiger partial charge is 0.497 e. The molecule has 0 saturated carbocycles. The number of aliphatic hydroxyl groups excluding tert-OH is 1. The highest BCUT2D eigenvalue weighted by Crippen LogP contribution is 2.20. The quantitative estimate of drug-likeness (QED) is 0.683. The average Bonchev–Trinajstić information content (AvgIpc) is 2.65. The molecular weight excluding hydrogens is 314 g/mol. The van der Waals surface area contributed by atoms with Crippen molar-refractivity contribution >= 4 is 5.78 Å². The van der Waals surface area contributed by atoms with Crippen LogP contribution in [0.4, 0.5) is 0 Å². The van der Waals surface area contributed by atoms with E-state index in [4.69, 9.17) is 4.74 Å². The Bertz CT molecular complexity index is 682. The van der Waals surface area contributed by atoms with E-state index in [1.807, 2.05) is 50.2 Å². The molecule has 4 heteroatoms. The van der Waals surface area contributed by atoms with Gasteiger partial charge in [0.25, 0.3) is 0 Å². The van der Waals surface area contributed by atoms with Crippen molar-refractivity contribution in [2.45, 2.75) is 38.8 Å². The van der Waals surface area contributed by atoms with Crippen LogP contribution in [0, 0.1) is 6.92 Å². The van der Waals surface area contributed by atoms with Crippen molar-refractivity contribution in [3.8, 4) is 5.75 Å². The lowest BCUT2D eigenvalue weighted by atomic mass is 9.99. The van der Waals surface area contributed by atoms with E-state index in [0.717, 1.165) is 12.0 Å². The Balaban J connectivity index is 1.89. The number of carbonyl (C=O) groups excluding carboxylic acids is 1. The molecule has 0 amide bonds. The summed E-state index contributed by atoms with van der Waals surface area (Å²) in [7, 11) is 1.59. The number of ether oxygens (including phenoxy) is 1. The Kier molecular flexibility index (Phi) is 7.16. The first-order valence-electron chi connectivity index (χ1n) is 8.70. The molecule has 4 nitrogen and oxygen atoms in total. The molecule has 0 fully saturated rings. The van der Waals surface area contributed by atoms with Crippen molar-refractivity contribution in [1.82, 2.24) is 5.32 Å². The van der Waals surface area contributed by atoms with Gasteiger partial charge in [-0.15, -0.1) is 0 Å². The first kappa shape index (κ1) is 19.2. The third-order valence-corrected chi connectivity index (χ3v) is 4.39. The van der Waals surface area contributed by atoms with Crippen LogP contribution < -0.4 is 10.1 Å². The van der Waals surface area contributed by atoms with Crippen molar-refractivity contribution in [2.75, 3.05) is 13.7 Å². The van der Waals surface area contributed by atoms with Crippen LogP contribution >= 0.6 is 0 Å². The minimum absolute atomic E-state index is 0.0612. The molecule has 2 rings (SSSR count). The molecule has 134 valence electrons. The van der Waals surface area contributed by atoms with Gasteiger partial charge in [-0.3, -0.25) is 4.79 Å². The summed E-state index contributed by atoms with van der Waals surface area (Å²) in [5.74, 6) is 0.742.